The summed E-state index contributed by atoms with van der Waals surface area (Å²) in [4.78, 5) is 15.2. The van der Waals surface area contributed by atoms with Gasteiger partial charge in [-0.2, -0.15) is 0 Å². The van der Waals surface area contributed by atoms with Gasteiger partial charge in [-0.25, -0.2) is 9.97 Å². The summed E-state index contributed by atoms with van der Waals surface area (Å²) >= 11 is 0. The second kappa shape index (κ2) is 9.23. The van der Waals surface area contributed by atoms with Crippen molar-refractivity contribution >= 4 is 5.96 Å². The van der Waals surface area contributed by atoms with Crippen molar-refractivity contribution in [3.8, 4) is 11.6 Å². The van der Waals surface area contributed by atoms with Crippen LogP contribution >= 0.6 is 0 Å². The molecule has 0 aliphatic carbocycles. The molecule has 1 aliphatic heterocycles. The van der Waals surface area contributed by atoms with Crippen molar-refractivity contribution in [1.29, 1.82) is 0 Å². The predicted octanol–water partition coefficient (Wildman–Crippen LogP) is 2.89. The van der Waals surface area contributed by atoms with E-state index in [2.05, 4.69) is 31.2 Å². The fraction of sp³-hybridized carbons (Fsp3) is 0.318. The smallest absolute Gasteiger partial charge is 0.193 e. The van der Waals surface area contributed by atoms with Gasteiger partial charge in [0.05, 0.1) is 0 Å². The van der Waals surface area contributed by atoms with Gasteiger partial charge in [0.25, 0.3) is 0 Å². The van der Waals surface area contributed by atoms with Crippen LogP contribution in [0.3, 0.4) is 0 Å². The molecule has 1 fully saturated rings. The molecule has 0 amide bonds. The third-order valence-electron chi connectivity index (χ3n) is 5.03. The molecular weight excluding hydrogens is 364 g/mol. The number of piperidine rings is 1. The Morgan fingerprint density at radius 1 is 1.17 bits per heavy atom. The number of guanidine groups is 1. The average molecular weight is 390 g/mol. The number of ether oxygens (including phenoxy) is 1. The number of para-hydroxylation sites is 1. The van der Waals surface area contributed by atoms with Crippen molar-refractivity contribution in [2.75, 3.05) is 20.1 Å². The van der Waals surface area contributed by atoms with Gasteiger partial charge in [-0.1, -0.05) is 18.2 Å². The Balaban J connectivity index is 1.30. The van der Waals surface area contributed by atoms with Crippen LogP contribution in [0.1, 0.15) is 18.4 Å². The van der Waals surface area contributed by atoms with E-state index in [1.807, 2.05) is 60.4 Å². The molecule has 7 heteroatoms. The molecule has 0 spiro atoms. The minimum atomic E-state index is 0.254. The van der Waals surface area contributed by atoms with Crippen molar-refractivity contribution in [2.24, 2.45) is 4.99 Å². The molecule has 0 radical (unpaired) electrons. The fourth-order valence-electron chi connectivity index (χ4n) is 3.50. The molecule has 0 saturated carbocycles. The highest BCUT2D eigenvalue weighted by atomic mass is 16.5. The number of likely N-dealkylation sites (tertiary alicyclic amines) is 1. The summed E-state index contributed by atoms with van der Waals surface area (Å²) in [5.74, 6) is 2.72. The summed E-state index contributed by atoms with van der Waals surface area (Å²) in [6.45, 7) is 2.54. The summed E-state index contributed by atoms with van der Waals surface area (Å²) < 4.78 is 7.99. The lowest BCUT2D eigenvalue weighted by Gasteiger charge is -2.34. The molecule has 150 valence electrons. The molecule has 0 bridgehead atoms. The zero-order valence-corrected chi connectivity index (χ0v) is 16.6. The fourth-order valence-corrected chi connectivity index (χ4v) is 3.50. The van der Waals surface area contributed by atoms with Gasteiger partial charge < -0.3 is 15.0 Å². The van der Waals surface area contributed by atoms with Crippen LogP contribution in [-0.4, -0.2) is 51.6 Å². The van der Waals surface area contributed by atoms with Gasteiger partial charge in [0.2, 0.25) is 0 Å². The molecule has 1 aliphatic rings. The number of aliphatic imine (C=N–C) groups is 1. The van der Waals surface area contributed by atoms with Crippen molar-refractivity contribution in [3.05, 3.63) is 72.9 Å². The maximum atomic E-state index is 6.09. The first kappa shape index (κ1) is 19.0. The Kier molecular flexibility index (Phi) is 6.04. The van der Waals surface area contributed by atoms with Crippen molar-refractivity contribution in [3.63, 3.8) is 0 Å². The number of pyridine rings is 1. The maximum absolute atomic E-state index is 6.09. The number of nitrogens with one attached hydrogen (secondary N) is 1. The predicted molar refractivity (Wildman–Crippen MR) is 113 cm³/mol. The van der Waals surface area contributed by atoms with Crippen molar-refractivity contribution < 1.29 is 4.74 Å². The second-order valence-electron chi connectivity index (χ2n) is 7.01. The average Bonchev–Trinajstić information content (AvgIpc) is 3.31. The standard InChI is InChI=1S/C22H26N6O/c1-23-22(26-16-18-7-10-25-21(15-18)28-14-11-24-17-28)27-12-8-20(9-13-27)29-19-5-3-2-4-6-19/h2-7,10-11,14-15,17,20H,8-9,12-13,16H2,1H3,(H,23,26). The Morgan fingerprint density at radius 3 is 2.72 bits per heavy atom. The highest BCUT2D eigenvalue weighted by Crippen LogP contribution is 2.18. The van der Waals surface area contributed by atoms with Gasteiger partial charge in [0.1, 0.15) is 24.0 Å². The minimum Gasteiger partial charge on any atom is -0.490 e. The van der Waals surface area contributed by atoms with Gasteiger partial charge >= 0.3 is 0 Å². The molecule has 1 N–H and O–H groups in total. The summed E-state index contributed by atoms with van der Waals surface area (Å²) in [5, 5.41) is 3.47. The number of rotatable bonds is 5. The van der Waals surface area contributed by atoms with Gasteiger partial charge in [-0.15, -0.1) is 0 Å². The highest BCUT2D eigenvalue weighted by molar-refractivity contribution is 5.80. The van der Waals surface area contributed by atoms with E-state index in [0.29, 0.717) is 6.54 Å². The lowest BCUT2D eigenvalue weighted by atomic mass is 10.1. The summed E-state index contributed by atoms with van der Waals surface area (Å²) in [5.41, 5.74) is 1.15. The van der Waals surface area contributed by atoms with Crippen LogP contribution in [0.25, 0.3) is 5.82 Å². The van der Waals surface area contributed by atoms with Crippen molar-refractivity contribution in [1.82, 2.24) is 24.8 Å². The third-order valence-corrected chi connectivity index (χ3v) is 5.03. The molecule has 3 heterocycles. The summed E-state index contributed by atoms with van der Waals surface area (Å²) in [6.07, 6.45) is 9.43. The van der Waals surface area contributed by atoms with Crippen LogP contribution in [0.5, 0.6) is 5.75 Å². The second-order valence-corrected chi connectivity index (χ2v) is 7.01. The Morgan fingerprint density at radius 2 is 2.00 bits per heavy atom. The van der Waals surface area contributed by atoms with Gasteiger partial charge in [-0.05, 0) is 29.8 Å². The molecule has 4 rings (SSSR count). The van der Waals surface area contributed by atoms with Crippen LogP contribution in [-0.2, 0) is 6.54 Å². The lowest BCUT2D eigenvalue weighted by molar-refractivity contribution is 0.129. The van der Waals surface area contributed by atoms with Crippen LogP contribution < -0.4 is 10.1 Å². The molecule has 0 unspecified atom stereocenters. The number of nitrogens with zero attached hydrogens (tertiary/aromatic N) is 5. The van der Waals surface area contributed by atoms with E-state index < -0.39 is 0 Å². The van der Waals surface area contributed by atoms with Crippen molar-refractivity contribution in [2.45, 2.75) is 25.5 Å². The van der Waals surface area contributed by atoms with Crippen LogP contribution in [0.2, 0.25) is 0 Å². The zero-order valence-electron chi connectivity index (χ0n) is 16.6. The van der Waals surface area contributed by atoms with Crippen LogP contribution in [0.15, 0.2) is 72.4 Å². The molecule has 2 aromatic heterocycles. The molecule has 7 nitrogen and oxygen atoms in total. The first-order chi connectivity index (χ1) is 14.3. The molecule has 0 atom stereocenters. The van der Waals surface area contributed by atoms with E-state index in [9.17, 15) is 0 Å². The minimum absolute atomic E-state index is 0.254. The Labute approximate surface area is 171 Å². The zero-order chi connectivity index (χ0) is 19.9. The molecule has 1 aromatic carbocycles. The molecule has 29 heavy (non-hydrogen) atoms. The van der Waals surface area contributed by atoms with E-state index >= 15 is 0 Å². The molecule has 1 saturated heterocycles. The van der Waals surface area contributed by atoms with Gasteiger partial charge in [-0.3, -0.25) is 9.56 Å². The first-order valence-corrected chi connectivity index (χ1v) is 9.92. The van der Waals surface area contributed by atoms with E-state index in [0.717, 1.165) is 49.0 Å². The molecular formula is C22H26N6O. The summed E-state index contributed by atoms with van der Waals surface area (Å²) in [7, 11) is 1.83. The van der Waals surface area contributed by atoms with Gasteiger partial charge in [0, 0.05) is 58.1 Å². The summed E-state index contributed by atoms with van der Waals surface area (Å²) in [6, 6.07) is 14.1. The number of aromatic nitrogens is 3. The Hall–Kier alpha value is -3.35. The number of hydrogen-bond acceptors (Lipinski definition) is 4. The third kappa shape index (κ3) is 4.93. The lowest BCUT2D eigenvalue weighted by Crippen LogP contribution is -2.47. The van der Waals surface area contributed by atoms with E-state index in [1.54, 1.807) is 12.5 Å². The topological polar surface area (TPSA) is 67.6 Å². The number of hydrogen-bond donors (Lipinski definition) is 1. The number of benzene rings is 1. The SMILES string of the molecule is CN=C(NCc1ccnc(-n2ccnc2)c1)N1CCC(Oc2ccccc2)CC1. The largest absolute Gasteiger partial charge is 0.490 e. The van der Waals surface area contributed by atoms with Crippen LogP contribution in [0, 0.1) is 0 Å². The van der Waals surface area contributed by atoms with Crippen LogP contribution in [0.4, 0.5) is 0 Å². The maximum Gasteiger partial charge on any atom is 0.193 e. The normalized spacial score (nSPS) is 15.3. The quantitative estimate of drug-likeness (QED) is 0.536. The van der Waals surface area contributed by atoms with E-state index in [4.69, 9.17) is 4.74 Å². The van der Waals surface area contributed by atoms with Gasteiger partial charge in [0.15, 0.2) is 5.96 Å². The Bertz CT molecular complexity index is 917. The number of imidazole rings is 1. The molecule has 3 aromatic rings. The monoisotopic (exact) mass is 390 g/mol. The first-order valence-electron chi connectivity index (χ1n) is 9.92. The van der Waals surface area contributed by atoms with E-state index in [-0.39, 0.29) is 6.10 Å². The van der Waals surface area contributed by atoms with E-state index in [1.165, 1.54) is 0 Å². The highest BCUT2D eigenvalue weighted by Gasteiger charge is 2.22.